The molecule has 2 rings (SSSR count). The van der Waals surface area contributed by atoms with Gasteiger partial charge in [-0.15, -0.1) is 0 Å². The Morgan fingerprint density at radius 3 is 2.88 bits per heavy atom. The number of benzene rings is 1. The molecule has 4 heteroatoms. The van der Waals surface area contributed by atoms with E-state index in [0.29, 0.717) is 19.1 Å². The number of anilines is 1. The first kappa shape index (κ1) is 12.9. The van der Waals surface area contributed by atoms with Crippen molar-refractivity contribution in [2.45, 2.75) is 26.0 Å². The van der Waals surface area contributed by atoms with Gasteiger partial charge in [0.05, 0.1) is 6.10 Å². The van der Waals surface area contributed by atoms with Gasteiger partial charge in [0.15, 0.2) is 0 Å². The van der Waals surface area contributed by atoms with Crippen LogP contribution in [-0.4, -0.2) is 36.9 Å². The summed E-state index contributed by atoms with van der Waals surface area (Å²) in [4.78, 5) is 2.27. The zero-order valence-corrected chi connectivity index (χ0v) is 11.9. The topological polar surface area (TPSA) is 35.5 Å². The van der Waals surface area contributed by atoms with Crippen molar-refractivity contribution >= 4 is 21.6 Å². The van der Waals surface area contributed by atoms with Crippen LogP contribution in [0.1, 0.15) is 12.5 Å². The molecule has 0 aromatic heterocycles. The zero-order chi connectivity index (χ0) is 12.4. The molecule has 1 aromatic carbocycles. The van der Waals surface area contributed by atoms with Crippen LogP contribution in [0.15, 0.2) is 22.7 Å². The quantitative estimate of drug-likeness (QED) is 0.831. The molecular weight excluding hydrogens is 280 g/mol. The van der Waals surface area contributed by atoms with E-state index in [9.17, 15) is 5.11 Å². The van der Waals surface area contributed by atoms with Crippen molar-refractivity contribution in [3.63, 3.8) is 0 Å². The summed E-state index contributed by atoms with van der Waals surface area (Å²) in [5, 5.41) is 13.1. The van der Waals surface area contributed by atoms with Gasteiger partial charge in [-0.1, -0.05) is 15.9 Å². The smallest absolute Gasteiger partial charge is 0.0839 e. The predicted octanol–water partition coefficient (Wildman–Crippen LogP) is 1.92. The molecule has 0 saturated carbocycles. The maximum absolute atomic E-state index is 9.85. The highest BCUT2D eigenvalue weighted by Gasteiger charge is 2.21. The summed E-state index contributed by atoms with van der Waals surface area (Å²) in [6.45, 7) is 6.55. The number of nitrogens with zero attached hydrogens (tertiary/aromatic N) is 1. The minimum Gasteiger partial charge on any atom is -0.390 e. The number of aliphatic hydroxyl groups excluding tert-OH is 1. The van der Waals surface area contributed by atoms with Gasteiger partial charge in [-0.25, -0.2) is 0 Å². The molecule has 1 heterocycles. The molecule has 1 fully saturated rings. The highest BCUT2D eigenvalue weighted by molar-refractivity contribution is 9.10. The Balaban J connectivity index is 2.26. The average Bonchev–Trinajstić information content (AvgIpc) is 2.45. The van der Waals surface area contributed by atoms with Crippen molar-refractivity contribution in [2.75, 3.05) is 24.5 Å². The lowest BCUT2D eigenvalue weighted by Gasteiger charge is -2.30. The summed E-state index contributed by atoms with van der Waals surface area (Å²) >= 11 is 3.52. The second kappa shape index (κ2) is 5.38. The number of hydrogen-bond acceptors (Lipinski definition) is 3. The molecule has 0 spiro atoms. The summed E-state index contributed by atoms with van der Waals surface area (Å²) in [5.74, 6) is 0. The largest absolute Gasteiger partial charge is 0.390 e. The molecule has 2 atom stereocenters. The SMILES string of the molecule is Cc1cc(N2CC(O)CNCC2C)ccc1Br. The lowest BCUT2D eigenvalue weighted by molar-refractivity contribution is 0.184. The number of hydrogen-bond donors (Lipinski definition) is 2. The van der Waals surface area contributed by atoms with Gasteiger partial charge in [0.25, 0.3) is 0 Å². The monoisotopic (exact) mass is 298 g/mol. The summed E-state index contributed by atoms with van der Waals surface area (Å²) < 4.78 is 1.13. The van der Waals surface area contributed by atoms with E-state index in [2.05, 4.69) is 58.2 Å². The highest BCUT2D eigenvalue weighted by atomic mass is 79.9. The first-order chi connectivity index (χ1) is 8.08. The van der Waals surface area contributed by atoms with Crippen LogP contribution in [0.4, 0.5) is 5.69 Å². The van der Waals surface area contributed by atoms with Gasteiger partial charge in [-0.2, -0.15) is 0 Å². The van der Waals surface area contributed by atoms with Crippen molar-refractivity contribution in [3.8, 4) is 0 Å². The second-order valence-electron chi connectivity index (χ2n) is 4.75. The number of β-amino-alcohol motifs (C(OH)–C–C–N with tert-alkyl or cyclic N) is 1. The van der Waals surface area contributed by atoms with E-state index in [4.69, 9.17) is 0 Å². The van der Waals surface area contributed by atoms with Crippen LogP contribution in [0.3, 0.4) is 0 Å². The van der Waals surface area contributed by atoms with Crippen molar-refractivity contribution in [3.05, 3.63) is 28.2 Å². The molecule has 1 saturated heterocycles. The molecule has 1 aliphatic rings. The Morgan fingerprint density at radius 1 is 1.41 bits per heavy atom. The lowest BCUT2D eigenvalue weighted by atomic mass is 10.1. The zero-order valence-electron chi connectivity index (χ0n) is 10.3. The Bertz CT molecular complexity index is 397. The number of nitrogens with one attached hydrogen (secondary N) is 1. The molecule has 1 aromatic rings. The molecule has 0 aliphatic carbocycles. The van der Waals surface area contributed by atoms with Gasteiger partial charge in [0, 0.05) is 35.8 Å². The number of aryl methyl sites for hydroxylation is 1. The van der Waals surface area contributed by atoms with E-state index in [0.717, 1.165) is 11.0 Å². The van der Waals surface area contributed by atoms with Crippen LogP contribution in [-0.2, 0) is 0 Å². The van der Waals surface area contributed by atoms with Gasteiger partial charge in [-0.3, -0.25) is 0 Å². The van der Waals surface area contributed by atoms with E-state index >= 15 is 0 Å². The highest BCUT2D eigenvalue weighted by Crippen LogP contribution is 2.25. The van der Waals surface area contributed by atoms with Crippen LogP contribution >= 0.6 is 15.9 Å². The van der Waals surface area contributed by atoms with E-state index < -0.39 is 0 Å². The predicted molar refractivity (Wildman–Crippen MR) is 74.6 cm³/mol. The van der Waals surface area contributed by atoms with Crippen LogP contribution in [0.25, 0.3) is 0 Å². The van der Waals surface area contributed by atoms with Gasteiger partial charge in [0.2, 0.25) is 0 Å². The summed E-state index contributed by atoms with van der Waals surface area (Å²) in [6.07, 6.45) is -0.302. The van der Waals surface area contributed by atoms with Gasteiger partial charge >= 0.3 is 0 Å². The number of aliphatic hydroxyl groups is 1. The number of rotatable bonds is 1. The minimum absolute atomic E-state index is 0.302. The van der Waals surface area contributed by atoms with Crippen LogP contribution in [0, 0.1) is 6.92 Å². The molecule has 94 valence electrons. The number of halogens is 1. The molecule has 0 amide bonds. The lowest BCUT2D eigenvalue weighted by Crippen LogP contribution is -2.39. The standard InChI is InChI=1S/C13H19BrN2O/c1-9-5-11(3-4-13(9)14)16-8-12(17)7-15-6-10(16)2/h3-5,10,12,15,17H,6-8H2,1-2H3. The fraction of sp³-hybridized carbons (Fsp3) is 0.538. The van der Waals surface area contributed by atoms with Gasteiger partial charge in [0.1, 0.15) is 0 Å². The Labute approximate surface area is 111 Å². The third-order valence-corrected chi connectivity index (χ3v) is 4.12. The third-order valence-electron chi connectivity index (χ3n) is 3.23. The van der Waals surface area contributed by atoms with Crippen molar-refractivity contribution in [1.29, 1.82) is 0 Å². The maximum Gasteiger partial charge on any atom is 0.0839 e. The fourth-order valence-electron chi connectivity index (χ4n) is 2.21. The summed E-state index contributed by atoms with van der Waals surface area (Å²) in [7, 11) is 0. The normalized spacial score (nSPS) is 25.8. The first-order valence-electron chi connectivity index (χ1n) is 5.99. The molecule has 3 nitrogen and oxygen atoms in total. The summed E-state index contributed by atoms with van der Waals surface area (Å²) in [5.41, 5.74) is 2.40. The van der Waals surface area contributed by atoms with E-state index in [1.165, 1.54) is 11.3 Å². The van der Waals surface area contributed by atoms with E-state index in [1.807, 2.05) is 0 Å². The first-order valence-corrected chi connectivity index (χ1v) is 6.79. The van der Waals surface area contributed by atoms with Gasteiger partial charge in [-0.05, 0) is 37.6 Å². The third kappa shape index (κ3) is 3.00. The van der Waals surface area contributed by atoms with Crippen molar-refractivity contribution < 1.29 is 5.11 Å². The summed E-state index contributed by atoms with van der Waals surface area (Å²) in [6, 6.07) is 6.74. The van der Waals surface area contributed by atoms with E-state index in [-0.39, 0.29) is 6.10 Å². The molecule has 2 N–H and O–H groups in total. The van der Waals surface area contributed by atoms with Crippen LogP contribution in [0.2, 0.25) is 0 Å². The van der Waals surface area contributed by atoms with Gasteiger partial charge < -0.3 is 15.3 Å². The average molecular weight is 299 g/mol. The molecule has 17 heavy (non-hydrogen) atoms. The Morgan fingerprint density at radius 2 is 2.18 bits per heavy atom. The van der Waals surface area contributed by atoms with Crippen LogP contribution < -0.4 is 10.2 Å². The van der Waals surface area contributed by atoms with Crippen LogP contribution in [0.5, 0.6) is 0 Å². The van der Waals surface area contributed by atoms with Crippen molar-refractivity contribution in [2.24, 2.45) is 0 Å². The fourth-order valence-corrected chi connectivity index (χ4v) is 2.45. The van der Waals surface area contributed by atoms with Crippen molar-refractivity contribution in [1.82, 2.24) is 5.32 Å². The maximum atomic E-state index is 9.85. The Kier molecular flexibility index (Phi) is 4.07. The molecular formula is C13H19BrN2O. The molecule has 2 unspecified atom stereocenters. The Hall–Kier alpha value is -0.580. The molecule has 1 aliphatic heterocycles. The van der Waals surface area contributed by atoms with E-state index in [1.54, 1.807) is 0 Å². The second-order valence-corrected chi connectivity index (χ2v) is 5.60. The molecule has 0 bridgehead atoms. The molecule has 0 radical (unpaired) electrons. The minimum atomic E-state index is -0.302.